The number of benzene rings is 1. The molecule has 2 atom stereocenters. The lowest BCUT2D eigenvalue weighted by Gasteiger charge is -2.38. The van der Waals surface area contributed by atoms with Gasteiger partial charge < -0.3 is 5.73 Å². The first-order valence-electron chi connectivity index (χ1n) is 6.36. The number of anilines is 1. The van der Waals surface area contributed by atoms with Crippen LogP contribution in [0.4, 0.5) is 5.69 Å². The van der Waals surface area contributed by atoms with E-state index in [-0.39, 0.29) is 0 Å². The zero-order valence-electron chi connectivity index (χ0n) is 10.6. The van der Waals surface area contributed by atoms with Crippen LogP contribution in [0.5, 0.6) is 0 Å². The molecule has 1 heterocycles. The van der Waals surface area contributed by atoms with E-state index >= 15 is 0 Å². The minimum absolute atomic E-state index is 0.648. The predicted molar refractivity (Wildman–Crippen MR) is 76.8 cm³/mol. The first-order chi connectivity index (χ1) is 8.09. The van der Waals surface area contributed by atoms with E-state index in [9.17, 15) is 0 Å². The maximum Gasteiger partial charge on any atom is 0.0371 e. The molecule has 0 spiro atoms. The van der Waals surface area contributed by atoms with E-state index in [1.807, 2.05) is 12.1 Å². The number of nitrogens with zero attached hydrogens (tertiary/aromatic N) is 1. The van der Waals surface area contributed by atoms with Crippen LogP contribution < -0.4 is 5.73 Å². The number of nitrogens with two attached hydrogens (primary N) is 1. The van der Waals surface area contributed by atoms with Gasteiger partial charge in [-0.2, -0.15) is 0 Å². The Hall–Kier alpha value is -0.540. The number of nitrogen functional groups attached to an aromatic ring is 1. The van der Waals surface area contributed by atoms with Crippen molar-refractivity contribution >= 4 is 21.6 Å². The predicted octanol–water partition coefficient (Wildman–Crippen LogP) is 3.65. The second-order valence-corrected chi connectivity index (χ2v) is 5.99. The Morgan fingerprint density at radius 3 is 2.88 bits per heavy atom. The molecule has 1 aliphatic rings. The van der Waals surface area contributed by atoms with E-state index in [4.69, 9.17) is 5.73 Å². The molecule has 0 bridgehead atoms. The van der Waals surface area contributed by atoms with Crippen LogP contribution >= 0.6 is 15.9 Å². The maximum atomic E-state index is 6.06. The van der Waals surface area contributed by atoms with E-state index in [0.717, 1.165) is 22.6 Å². The van der Waals surface area contributed by atoms with Gasteiger partial charge in [-0.15, -0.1) is 0 Å². The first-order valence-corrected chi connectivity index (χ1v) is 7.16. The lowest BCUT2D eigenvalue weighted by Crippen LogP contribution is -2.41. The van der Waals surface area contributed by atoms with E-state index in [0.29, 0.717) is 6.04 Å². The van der Waals surface area contributed by atoms with Crippen LogP contribution in [-0.4, -0.2) is 17.5 Å². The molecule has 1 aromatic rings. The van der Waals surface area contributed by atoms with Crippen molar-refractivity contribution in [2.75, 3.05) is 12.3 Å². The van der Waals surface area contributed by atoms with E-state index in [1.165, 1.54) is 24.9 Å². The fourth-order valence-electron chi connectivity index (χ4n) is 2.59. The minimum Gasteiger partial charge on any atom is -0.398 e. The number of halogens is 1. The molecule has 3 heteroatoms. The Balaban J connectivity index is 2.15. The SMILES string of the molecule is CC1CCCN(Cc2c(N)cccc2Br)C1C. The van der Waals surface area contributed by atoms with Crippen molar-refractivity contribution in [3.63, 3.8) is 0 Å². The van der Waals surface area contributed by atoms with Crippen LogP contribution in [0.15, 0.2) is 22.7 Å². The van der Waals surface area contributed by atoms with E-state index in [1.54, 1.807) is 0 Å². The molecular formula is C14H21BrN2. The molecule has 2 N–H and O–H groups in total. The summed E-state index contributed by atoms with van der Waals surface area (Å²) >= 11 is 3.60. The van der Waals surface area contributed by atoms with Gasteiger partial charge in [0.1, 0.15) is 0 Å². The van der Waals surface area contributed by atoms with Gasteiger partial charge in [-0.25, -0.2) is 0 Å². The second kappa shape index (κ2) is 5.40. The van der Waals surface area contributed by atoms with Crippen LogP contribution in [0.2, 0.25) is 0 Å². The van der Waals surface area contributed by atoms with E-state index < -0.39 is 0 Å². The third kappa shape index (κ3) is 2.83. The van der Waals surface area contributed by atoms with Gasteiger partial charge in [0, 0.05) is 28.3 Å². The molecule has 1 fully saturated rings. The Bertz CT molecular complexity index is 372. The molecule has 0 amide bonds. The normalized spacial score (nSPS) is 26.1. The molecule has 17 heavy (non-hydrogen) atoms. The van der Waals surface area contributed by atoms with Crippen molar-refractivity contribution in [3.05, 3.63) is 28.2 Å². The first kappa shape index (κ1) is 12.9. The molecule has 2 nitrogen and oxygen atoms in total. The van der Waals surface area contributed by atoms with Gasteiger partial charge in [0.2, 0.25) is 0 Å². The third-order valence-electron chi connectivity index (χ3n) is 4.02. The number of hydrogen-bond acceptors (Lipinski definition) is 2. The van der Waals surface area contributed by atoms with Gasteiger partial charge in [0.25, 0.3) is 0 Å². The summed E-state index contributed by atoms with van der Waals surface area (Å²) in [7, 11) is 0. The van der Waals surface area contributed by atoms with Crippen LogP contribution in [0, 0.1) is 5.92 Å². The largest absolute Gasteiger partial charge is 0.398 e. The minimum atomic E-state index is 0.648. The Kier molecular flexibility index (Phi) is 4.10. The van der Waals surface area contributed by atoms with Crippen molar-refractivity contribution < 1.29 is 0 Å². The smallest absolute Gasteiger partial charge is 0.0371 e. The molecule has 0 radical (unpaired) electrons. The molecule has 0 saturated carbocycles. The Morgan fingerprint density at radius 1 is 1.41 bits per heavy atom. The summed E-state index contributed by atoms with van der Waals surface area (Å²) in [5.41, 5.74) is 8.19. The monoisotopic (exact) mass is 296 g/mol. The fourth-order valence-corrected chi connectivity index (χ4v) is 3.10. The van der Waals surface area contributed by atoms with Crippen LogP contribution in [0.25, 0.3) is 0 Å². The van der Waals surface area contributed by atoms with Crippen LogP contribution in [0.1, 0.15) is 32.3 Å². The molecular weight excluding hydrogens is 276 g/mol. The maximum absolute atomic E-state index is 6.06. The fraction of sp³-hybridized carbons (Fsp3) is 0.571. The topological polar surface area (TPSA) is 29.3 Å². The molecule has 2 unspecified atom stereocenters. The molecule has 0 aromatic heterocycles. The molecule has 1 aliphatic heterocycles. The highest BCUT2D eigenvalue weighted by Gasteiger charge is 2.25. The van der Waals surface area contributed by atoms with Gasteiger partial charge in [0.05, 0.1) is 0 Å². The van der Waals surface area contributed by atoms with Crippen molar-refractivity contribution in [2.45, 2.75) is 39.3 Å². The number of likely N-dealkylation sites (tertiary alicyclic amines) is 1. The highest BCUT2D eigenvalue weighted by molar-refractivity contribution is 9.10. The standard InChI is InChI=1S/C14H21BrN2/c1-10-5-4-8-17(11(10)2)9-12-13(15)6-3-7-14(12)16/h3,6-7,10-11H,4-5,8-9,16H2,1-2H3. The summed E-state index contributed by atoms with van der Waals surface area (Å²) < 4.78 is 1.13. The van der Waals surface area contributed by atoms with Crippen LogP contribution in [-0.2, 0) is 6.54 Å². The van der Waals surface area contributed by atoms with Gasteiger partial charge in [-0.1, -0.05) is 28.9 Å². The number of hydrogen-bond donors (Lipinski definition) is 1. The van der Waals surface area contributed by atoms with Crippen LogP contribution in [0.3, 0.4) is 0 Å². The van der Waals surface area contributed by atoms with Crippen molar-refractivity contribution in [1.82, 2.24) is 4.90 Å². The highest BCUT2D eigenvalue weighted by Crippen LogP contribution is 2.29. The van der Waals surface area contributed by atoms with Gasteiger partial charge in [0.15, 0.2) is 0 Å². The lowest BCUT2D eigenvalue weighted by atomic mass is 9.91. The summed E-state index contributed by atoms with van der Waals surface area (Å²) in [5, 5.41) is 0. The molecule has 94 valence electrons. The second-order valence-electron chi connectivity index (χ2n) is 5.14. The summed E-state index contributed by atoms with van der Waals surface area (Å²) in [6.07, 6.45) is 2.65. The van der Waals surface area contributed by atoms with Gasteiger partial charge in [-0.05, 0) is 44.4 Å². The molecule has 0 aliphatic carbocycles. The summed E-state index contributed by atoms with van der Waals surface area (Å²) in [4.78, 5) is 2.55. The average Bonchev–Trinajstić information content (AvgIpc) is 2.29. The van der Waals surface area contributed by atoms with Crippen molar-refractivity contribution in [1.29, 1.82) is 0 Å². The molecule has 1 aromatic carbocycles. The zero-order valence-corrected chi connectivity index (χ0v) is 12.2. The summed E-state index contributed by atoms with van der Waals surface area (Å²) in [6, 6.07) is 6.70. The Labute approximate surface area is 112 Å². The number of rotatable bonds is 2. The quantitative estimate of drug-likeness (QED) is 0.844. The Morgan fingerprint density at radius 2 is 2.18 bits per heavy atom. The molecule has 1 saturated heterocycles. The van der Waals surface area contributed by atoms with Crippen molar-refractivity contribution in [2.24, 2.45) is 5.92 Å². The van der Waals surface area contributed by atoms with Gasteiger partial charge >= 0.3 is 0 Å². The summed E-state index contributed by atoms with van der Waals surface area (Å²) in [6.45, 7) is 6.82. The highest BCUT2D eigenvalue weighted by atomic mass is 79.9. The summed E-state index contributed by atoms with van der Waals surface area (Å²) in [5.74, 6) is 0.785. The average molecular weight is 297 g/mol. The zero-order chi connectivity index (χ0) is 12.4. The van der Waals surface area contributed by atoms with Crippen molar-refractivity contribution in [3.8, 4) is 0 Å². The lowest BCUT2D eigenvalue weighted by molar-refractivity contribution is 0.106. The van der Waals surface area contributed by atoms with Gasteiger partial charge in [-0.3, -0.25) is 4.90 Å². The number of piperidine rings is 1. The molecule has 2 rings (SSSR count). The third-order valence-corrected chi connectivity index (χ3v) is 4.76. The van der Waals surface area contributed by atoms with E-state index in [2.05, 4.69) is 40.7 Å².